The molecule has 1 saturated heterocycles. The summed E-state index contributed by atoms with van der Waals surface area (Å²) in [5.74, 6) is 1.25. The molecule has 0 saturated carbocycles. The van der Waals surface area contributed by atoms with Crippen molar-refractivity contribution in [2.45, 2.75) is 6.54 Å². The van der Waals surface area contributed by atoms with Gasteiger partial charge in [-0.05, 0) is 29.8 Å². The van der Waals surface area contributed by atoms with Crippen LogP contribution in [0, 0.1) is 0 Å². The maximum Gasteiger partial charge on any atom is 0.275 e. The Kier molecular flexibility index (Phi) is 6.03. The van der Waals surface area contributed by atoms with Gasteiger partial charge in [0.25, 0.3) is 11.8 Å². The number of ether oxygens (including phenoxy) is 2. The van der Waals surface area contributed by atoms with Crippen molar-refractivity contribution in [1.29, 1.82) is 0 Å². The Bertz CT molecular complexity index is 1240. The van der Waals surface area contributed by atoms with Crippen LogP contribution in [0.2, 0.25) is 0 Å². The summed E-state index contributed by atoms with van der Waals surface area (Å²) in [6.07, 6.45) is 1.72. The number of benzene rings is 1. The van der Waals surface area contributed by atoms with Crippen LogP contribution in [0.1, 0.15) is 26.4 Å². The monoisotopic (exact) mass is 480 g/mol. The predicted molar refractivity (Wildman–Crippen MR) is 129 cm³/mol. The first-order chi connectivity index (χ1) is 16.6. The second-order valence-electron chi connectivity index (χ2n) is 7.84. The van der Waals surface area contributed by atoms with Crippen LogP contribution in [0.25, 0.3) is 0 Å². The Labute approximate surface area is 200 Å². The molecule has 0 atom stereocenters. The molecule has 176 valence electrons. The Morgan fingerprint density at radius 3 is 2.71 bits per heavy atom. The number of methoxy groups -OCH3 is 2. The molecule has 2 N–H and O–H groups in total. The highest BCUT2D eigenvalue weighted by molar-refractivity contribution is 7.14. The van der Waals surface area contributed by atoms with Gasteiger partial charge in [0, 0.05) is 43.3 Å². The highest BCUT2D eigenvalue weighted by Crippen LogP contribution is 2.37. The van der Waals surface area contributed by atoms with Crippen molar-refractivity contribution in [3.05, 3.63) is 52.7 Å². The summed E-state index contributed by atoms with van der Waals surface area (Å²) >= 11 is 1.25. The molecule has 0 bridgehead atoms. The number of carbonyl (C=O) groups is 2. The van der Waals surface area contributed by atoms with Crippen LogP contribution < -0.4 is 29.9 Å². The standard InChI is InChI=1S/C23H24N6O4S/c1-32-18-10-14-12-29(22(31)15(14)11-19(18)33-2)23-27-17(13-34-23)21(30)26-16-4-3-5-25-20(16)28-8-6-24-7-9-28/h3-5,10-11,13,24H,6-9,12H2,1-2H3,(H,26,30). The van der Waals surface area contributed by atoms with Crippen molar-refractivity contribution in [3.63, 3.8) is 0 Å². The van der Waals surface area contributed by atoms with E-state index in [9.17, 15) is 9.59 Å². The van der Waals surface area contributed by atoms with Gasteiger partial charge in [-0.2, -0.15) is 0 Å². The molecule has 2 aromatic heterocycles. The van der Waals surface area contributed by atoms with Gasteiger partial charge in [-0.25, -0.2) is 9.97 Å². The number of nitrogens with one attached hydrogen (secondary N) is 2. The van der Waals surface area contributed by atoms with Crippen molar-refractivity contribution < 1.29 is 19.1 Å². The van der Waals surface area contributed by atoms with Gasteiger partial charge in [-0.1, -0.05) is 0 Å². The molecule has 2 amide bonds. The number of piperazine rings is 1. The normalized spacial score (nSPS) is 15.3. The number of thiazole rings is 1. The number of aromatic nitrogens is 2. The topological polar surface area (TPSA) is 109 Å². The van der Waals surface area contributed by atoms with Crippen molar-refractivity contribution in [2.75, 3.05) is 55.5 Å². The number of hydrogen-bond donors (Lipinski definition) is 2. The fourth-order valence-corrected chi connectivity index (χ4v) is 4.90. The lowest BCUT2D eigenvalue weighted by Crippen LogP contribution is -2.44. The highest BCUT2D eigenvalue weighted by atomic mass is 32.1. The summed E-state index contributed by atoms with van der Waals surface area (Å²) in [7, 11) is 3.09. The zero-order chi connectivity index (χ0) is 23.7. The molecule has 5 rings (SSSR count). The first-order valence-corrected chi connectivity index (χ1v) is 11.7. The minimum absolute atomic E-state index is 0.189. The van der Waals surface area contributed by atoms with Crippen LogP contribution in [0.5, 0.6) is 11.5 Å². The third kappa shape index (κ3) is 4.03. The van der Waals surface area contributed by atoms with E-state index in [1.807, 2.05) is 6.07 Å². The Balaban J connectivity index is 1.34. The van der Waals surface area contributed by atoms with Crippen LogP contribution in [-0.4, -0.2) is 62.2 Å². The van der Waals surface area contributed by atoms with Gasteiger partial charge < -0.3 is 25.0 Å². The summed E-state index contributed by atoms with van der Waals surface area (Å²) < 4.78 is 10.7. The van der Waals surface area contributed by atoms with Gasteiger partial charge in [-0.3, -0.25) is 14.5 Å². The molecule has 0 radical (unpaired) electrons. The number of rotatable bonds is 6. The van der Waals surface area contributed by atoms with E-state index in [0.717, 1.165) is 37.6 Å². The maximum atomic E-state index is 13.0. The third-order valence-electron chi connectivity index (χ3n) is 5.82. The van der Waals surface area contributed by atoms with Crippen molar-refractivity contribution in [2.24, 2.45) is 0 Å². The van der Waals surface area contributed by atoms with Crippen LogP contribution in [0.4, 0.5) is 16.6 Å². The Morgan fingerprint density at radius 1 is 1.18 bits per heavy atom. The summed E-state index contributed by atoms with van der Waals surface area (Å²) in [4.78, 5) is 38.6. The third-order valence-corrected chi connectivity index (χ3v) is 6.68. The predicted octanol–water partition coefficient (Wildman–Crippen LogP) is 2.38. The molecule has 0 unspecified atom stereocenters. The average molecular weight is 481 g/mol. The molecule has 2 aliphatic heterocycles. The lowest BCUT2D eigenvalue weighted by atomic mass is 10.1. The zero-order valence-electron chi connectivity index (χ0n) is 18.8. The van der Waals surface area contributed by atoms with E-state index in [-0.39, 0.29) is 17.5 Å². The van der Waals surface area contributed by atoms with E-state index in [1.165, 1.54) is 18.4 Å². The Hall–Kier alpha value is -3.70. The van der Waals surface area contributed by atoms with Gasteiger partial charge in [0.15, 0.2) is 22.4 Å². The first kappa shape index (κ1) is 22.1. The highest BCUT2D eigenvalue weighted by Gasteiger charge is 2.32. The average Bonchev–Trinajstić information content (AvgIpc) is 3.49. The van der Waals surface area contributed by atoms with Crippen molar-refractivity contribution in [1.82, 2.24) is 15.3 Å². The summed E-state index contributed by atoms with van der Waals surface area (Å²) in [5, 5.41) is 8.35. The lowest BCUT2D eigenvalue weighted by molar-refractivity contribution is 0.0991. The van der Waals surface area contributed by atoms with Crippen LogP contribution in [0.3, 0.4) is 0 Å². The lowest BCUT2D eigenvalue weighted by Gasteiger charge is -2.29. The molecule has 2 aliphatic rings. The molecule has 10 nitrogen and oxygen atoms in total. The zero-order valence-corrected chi connectivity index (χ0v) is 19.6. The molecule has 0 aliphatic carbocycles. The molecule has 0 spiro atoms. The second kappa shape index (κ2) is 9.27. The van der Waals surface area contributed by atoms with Crippen LogP contribution in [-0.2, 0) is 6.54 Å². The number of carbonyl (C=O) groups excluding carboxylic acids is 2. The van der Waals surface area contributed by atoms with Crippen LogP contribution in [0.15, 0.2) is 35.8 Å². The number of pyridine rings is 1. The van der Waals surface area contributed by atoms with Gasteiger partial charge in [0.05, 0.1) is 26.5 Å². The van der Waals surface area contributed by atoms with E-state index in [4.69, 9.17) is 9.47 Å². The summed E-state index contributed by atoms with van der Waals surface area (Å²) in [5.41, 5.74) is 2.23. The van der Waals surface area contributed by atoms with Crippen molar-refractivity contribution >= 4 is 39.8 Å². The van der Waals surface area contributed by atoms with Gasteiger partial charge in [0.2, 0.25) is 0 Å². The maximum absolute atomic E-state index is 13.0. The van der Waals surface area contributed by atoms with Gasteiger partial charge in [-0.15, -0.1) is 11.3 Å². The minimum atomic E-state index is -0.348. The quantitative estimate of drug-likeness (QED) is 0.554. The number of amides is 2. The number of hydrogen-bond acceptors (Lipinski definition) is 9. The fraction of sp³-hybridized carbons (Fsp3) is 0.304. The molecule has 1 fully saturated rings. The Morgan fingerprint density at radius 2 is 1.94 bits per heavy atom. The molecular formula is C23H24N6O4S. The number of anilines is 3. The van der Waals surface area contributed by atoms with Gasteiger partial charge >= 0.3 is 0 Å². The summed E-state index contributed by atoms with van der Waals surface area (Å²) in [6.45, 7) is 3.70. The van der Waals surface area contributed by atoms with E-state index >= 15 is 0 Å². The largest absolute Gasteiger partial charge is 0.493 e. The number of fused-ring (bicyclic) bond motifs is 1. The second-order valence-corrected chi connectivity index (χ2v) is 8.67. The molecule has 11 heteroatoms. The van der Waals surface area contributed by atoms with Crippen LogP contribution >= 0.6 is 11.3 Å². The van der Waals surface area contributed by atoms with E-state index < -0.39 is 0 Å². The molecular weight excluding hydrogens is 456 g/mol. The summed E-state index contributed by atoms with van der Waals surface area (Å²) in [6, 6.07) is 7.10. The SMILES string of the molecule is COc1cc2c(cc1OC)C(=O)N(c1nc(C(=O)Nc3cccnc3N3CCNCC3)cs1)C2. The molecule has 1 aromatic carbocycles. The fourth-order valence-electron chi connectivity index (χ4n) is 4.10. The van der Waals surface area contributed by atoms with Crippen molar-refractivity contribution in [3.8, 4) is 11.5 Å². The first-order valence-electron chi connectivity index (χ1n) is 10.8. The molecule has 4 heterocycles. The van der Waals surface area contributed by atoms with E-state index in [0.29, 0.717) is 34.4 Å². The van der Waals surface area contributed by atoms with Gasteiger partial charge in [0.1, 0.15) is 5.69 Å². The van der Waals surface area contributed by atoms with E-state index in [1.54, 1.807) is 41.8 Å². The minimum Gasteiger partial charge on any atom is -0.493 e. The molecule has 34 heavy (non-hydrogen) atoms. The smallest absolute Gasteiger partial charge is 0.275 e. The molecule has 3 aromatic rings. The van der Waals surface area contributed by atoms with E-state index in [2.05, 4.69) is 25.5 Å². The number of nitrogens with zero attached hydrogens (tertiary/aromatic N) is 4.